The largest absolute Gasteiger partial charge is 0.352 e. The number of amides is 2. The minimum Gasteiger partial charge on any atom is -0.352 e. The molecule has 65 valence electrons. The van der Waals surface area contributed by atoms with Crippen LogP contribution in [0.25, 0.3) is 0 Å². The van der Waals surface area contributed by atoms with Crippen LogP contribution < -0.4 is 11.1 Å². The maximum Gasteiger partial charge on any atom is 0.316 e. The molecule has 5 heteroatoms. The fourth-order valence-corrected chi connectivity index (χ4v) is 0.640. The number of hydrogen-bond donors (Lipinski definition) is 2. The summed E-state index contributed by atoms with van der Waals surface area (Å²) in [5.41, 5.74) is 4.87. The normalized spacial score (nSPS) is 11.2. The monoisotopic (exact) mass is 161 g/mol. The van der Waals surface area contributed by atoms with Crippen LogP contribution in [-0.4, -0.2) is 26.2 Å². The molecule has 2 amide bonds. The van der Waals surface area contributed by atoms with Crippen molar-refractivity contribution in [3.8, 4) is 0 Å². The first-order valence-corrected chi connectivity index (χ1v) is 3.07. The third kappa shape index (κ3) is 2.73. The van der Waals surface area contributed by atoms with Gasteiger partial charge in [-0.25, -0.2) is 4.79 Å². The summed E-state index contributed by atoms with van der Waals surface area (Å²) in [5.74, 6) is -1.19. The number of carbonyl (C=O) groups excluding carboxylic acids is 1. The second-order valence-corrected chi connectivity index (χ2v) is 1.90. The van der Waals surface area contributed by atoms with E-state index in [1.807, 2.05) is 0 Å². The number of hydrogen-bond acceptors (Lipinski definition) is 3. The van der Waals surface area contributed by atoms with Crippen molar-refractivity contribution in [2.24, 2.45) is 5.73 Å². The van der Waals surface area contributed by atoms with Gasteiger partial charge in [0.1, 0.15) is 0 Å². The highest BCUT2D eigenvalue weighted by atomic mass is 16.7. The minimum atomic E-state index is -1.19. The van der Waals surface area contributed by atoms with Gasteiger partial charge in [0.15, 0.2) is 0 Å². The maximum atomic E-state index is 10.4. The van der Waals surface area contributed by atoms with Crippen LogP contribution >= 0.6 is 0 Å². The van der Waals surface area contributed by atoms with Crippen molar-refractivity contribution >= 4 is 6.03 Å². The maximum absolute atomic E-state index is 10.4. The van der Waals surface area contributed by atoms with Crippen LogP contribution in [0.1, 0.15) is 6.42 Å². The summed E-state index contributed by atoms with van der Waals surface area (Å²) in [6.45, 7) is 3.53. The van der Waals surface area contributed by atoms with E-state index in [-0.39, 0.29) is 6.42 Å². The highest BCUT2D eigenvalue weighted by Crippen LogP contribution is 2.10. The second-order valence-electron chi connectivity index (χ2n) is 1.90. The Balaban J connectivity index is 4.16. The van der Waals surface area contributed by atoms with Crippen molar-refractivity contribution in [2.75, 3.05) is 14.2 Å². The summed E-state index contributed by atoms with van der Waals surface area (Å²) in [7, 11) is 2.79. The van der Waals surface area contributed by atoms with Gasteiger partial charge in [0.05, 0.1) is 0 Å². The summed E-state index contributed by atoms with van der Waals surface area (Å²) in [4.78, 5) is 10.4. The van der Waals surface area contributed by atoms with Crippen molar-refractivity contribution in [1.82, 2.24) is 5.32 Å². The van der Waals surface area contributed by atoms with E-state index in [1.54, 1.807) is 0 Å². The molecule has 3 N–H and O–H groups in total. The van der Waals surface area contributed by atoms with E-state index in [1.165, 1.54) is 14.2 Å². The van der Waals surface area contributed by atoms with Crippen LogP contribution in [0.2, 0.25) is 0 Å². The van der Waals surface area contributed by atoms with Gasteiger partial charge < -0.3 is 15.2 Å². The van der Waals surface area contributed by atoms with Crippen LogP contribution in [0, 0.1) is 6.92 Å². The predicted octanol–water partition coefficient (Wildman–Crippen LogP) is -0.175. The smallest absolute Gasteiger partial charge is 0.316 e. The Bertz CT molecular complexity index is 126. The zero-order valence-corrected chi connectivity index (χ0v) is 6.72. The average molecular weight is 161 g/mol. The van der Waals surface area contributed by atoms with E-state index in [9.17, 15) is 4.79 Å². The third-order valence-electron chi connectivity index (χ3n) is 1.30. The van der Waals surface area contributed by atoms with Gasteiger partial charge in [0.2, 0.25) is 0 Å². The number of urea groups is 1. The number of primary amides is 1. The van der Waals surface area contributed by atoms with Gasteiger partial charge in [0, 0.05) is 20.6 Å². The average Bonchev–Trinajstić information content (AvgIpc) is 2.00. The summed E-state index contributed by atoms with van der Waals surface area (Å²) in [6, 6.07) is -0.711. The van der Waals surface area contributed by atoms with Gasteiger partial charge in [-0.05, 0) is 6.92 Å². The first-order valence-electron chi connectivity index (χ1n) is 3.07. The molecule has 0 saturated heterocycles. The van der Waals surface area contributed by atoms with Gasteiger partial charge in [-0.3, -0.25) is 5.32 Å². The number of nitrogens with one attached hydrogen (secondary N) is 1. The molecule has 0 aromatic heterocycles. The van der Waals surface area contributed by atoms with Crippen molar-refractivity contribution in [3.63, 3.8) is 0 Å². The van der Waals surface area contributed by atoms with Gasteiger partial charge in [-0.15, -0.1) is 0 Å². The van der Waals surface area contributed by atoms with Crippen molar-refractivity contribution in [3.05, 3.63) is 6.92 Å². The van der Waals surface area contributed by atoms with Crippen molar-refractivity contribution in [2.45, 2.75) is 12.3 Å². The zero-order valence-electron chi connectivity index (χ0n) is 6.72. The highest BCUT2D eigenvalue weighted by molar-refractivity contribution is 5.72. The lowest BCUT2D eigenvalue weighted by Gasteiger charge is -2.29. The molecule has 0 rings (SSSR count). The lowest BCUT2D eigenvalue weighted by Crippen LogP contribution is -2.53. The first kappa shape index (κ1) is 10.2. The Morgan fingerprint density at radius 2 is 2.09 bits per heavy atom. The summed E-state index contributed by atoms with van der Waals surface area (Å²) in [6.07, 6.45) is 0.239. The Hall–Kier alpha value is -0.810. The molecule has 11 heavy (non-hydrogen) atoms. The van der Waals surface area contributed by atoms with Crippen molar-refractivity contribution in [1.29, 1.82) is 0 Å². The summed E-state index contributed by atoms with van der Waals surface area (Å²) in [5, 5.41) is 2.27. The Morgan fingerprint density at radius 1 is 1.64 bits per heavy atom. The molecular formula is C6H13N2O3. The van der Waals surface area contributed by atoms with Crippen LogP contribution in [0.3, 0.4) is 0 Å². The highest BCUT2D eigenvalue weighted by Gasteiger charge is 2.28. The van der Waals surface area contributed by atoms with E-state index in [4.69, 9.17) is 15.2 Å². The predicted molar refractivity (Wildman–Crippen MR) is 39.4 cm³/mol. The molecule has 0 unspecified atom stereocenters. The minimum absolute atomic E-state index is 0.239. The standard InChI is InChI=1S/C6H13N2O3/c1-4-6(10-2,11-3)8-5(7)9/h1,4H2,2-3H3,(H3,7,8,9). The first-order chi connectivity index (χ1) is 5.10. The van der Waals surface area contributed by atoms with E-state index in [0.29, 0.717) is 0 Å². The van der Waals surface area contributed by atoms with Gasteiger partial charge in [-0.2, -0.15) is 0 Å². The lowest BCUT2D eigenvalue weighted by atomic mass is 10.3. The summed E-state index contributed by atoms with van der Waals surface area (Å²) < 4.78 is 9.70. The zero-order chi connectivity index (χ0) is 8.91. The molecule has 0 spiro atoms. The van der Waals surface area contributed by atoms with Crippen LogP contribution in [0.5, 0.6) is 0 Å². The Kier molecular flexibility index (Phi) is 3.84. The van der Waals surface area contributed by atoms with Crippen molar-refractivity contribution < 1.29 is 14.3 Å². The molecule has 0 bridgehead atoms. The van der Waals surface area contributed by atoms with Gasteiger partial charge >= 0.3 is 6.03 Å². The number of carbonyl (C=O) groups is 1. The van der Waals surface area contributed by atoms with Gasteiger partial charge in [-0.1, -0.05) is 0 Å². The number of methoxy groups -OCH3 is 2. The molecule has 0 aliphatic rings. The molecule has 0 atom stereocenters. The second kappa shape index (κ2) is 4.15. The molecule has 0 aliphatic carbocycles. The van der Waals surface area contributed by atoms with E-state index >= 15 is 0 Å². The van der Waals surface area contributed by atoms with Crippen LogP contribution in [-0.2, 0) is 9.47 Å². The van der Waals surface area contributed by atoms with Crippen LogP contribution in [0.4, 0.5) is 4.79 Å². The summed E-state index contributed by atoms with van der Waals surface area (Å²) >= 11 is 0. The molecule has 0 saturated carbocycles. The van der Waals surface area contributed by atoms with E-state index < -0.39 is 11.9 Å². The van der Waals surface area contributed by atoms with E-state index in [0.717, 1.165) is 0 Å². The molecule has 0 aromatic carbocycles. The quantitative estimate of drug-likeness (QED) is 0.562. The number of rotatable bonds is 4. The SMILES string of the molecule is [CH2]CC(NC(N)=O)(OC)OC. The Labute approximate surface area is 65.8 Å². The molecular weight excluding hydrogens is 148 g/mol. The van der Waals surface area contributed by atoms with Crippen LogP contribution in [0.15, 0.2) is 0 Å². The van der Waals surface area contributed by atoms with Gasteiger partial charge in [0.25, 0.3) is 5.91 Å². The topological polar surface area (TPSA) is 73.6 Å². The molecule has 5 nitrogen and oxygen atoms in total. The molecule has 0 aliphatic heterocycles. The van der Waals surface area contributed by atoms with E-state index in [2.05, 4.69) is 12.2 Å². The molecule has 0 fully saturated rings. The number of ether oxygens (including phenoxy) is 2. The lowest BCUT2D eigenvalue weighted by molar-refractivity contribution is -0.216. The molecule has 0 aromatic rings. The Morgan fingerprint density at radius 3 is 2.18 bits per heavy atom. The number of nitrogens with two attached hydrogens (primary N) is 1. The molecule has 0 heterocycles. The fraction of sp³-hybridized carbons (Fsp3) is 0.667. The third-order valence-corrected chi connectivity index (χ3v) is 1.30. The fourth-order valence-electron chi connectivity index (χ4n) is 0.640. The molecule has 1 radical (unpaired) electrons.